The quantitative estimate of drug-likeness (QED) is 0.455. The SMILES string of the molecule is COC(=O)CC(=O)C(NC(=O)C1CCCCCC1)C1CCOCC1. The van der Waals surface area contributed by atoms with Crippen molar-refractivity contribution in [2.24, 2.45) is 11.8 Å². The van der Waals surface area contributed by atoms with E-state index in [-0.39, 0.29) is 29.9 Å². The number of amides is 1. The highest BCUT2D eigenvalue weighted by Gasteiger charge is 2.33. The number of hydrogen-bond donors (Lipinski definition) is 1. The fourth-order valence-corrected chi connectivity index (χ4v) is 3.65. The van der Waals surface area contributed by atoms with Crippen molar-refractivity contribution in [2.75, 3.05) is 20.3 Å². The summed E-state index contributed by atoms with van der Waals surface area (Å²) in [6.45, 7) is 1.18. The number of hydrogen-bond acceptors (Lipinski definition) is 5. The third-order valence-electron chi connectivity index (χ3n) is 5.15. The molecule has 136 valence electrons. The first-order valence-corrected chi connectivity index (χ1v) is 9.09. The molecule has 1 aliphatic carbocycles. The van der Waals surface area contributed by atoms with Gasteiger partial charge in [-0.1, -0.05) is 25.7 Å². The van der Waals surface area contributed by atoms with Gasteiger partial charge in [-0.05, 0) is 31.6 Å². The van der Waals surface area contributed by atoms with Crippen LogP contribution in [0, 0.1) is 11.8 Å². The first-order valence-electron chi connectivity index (χ1n) is 9.09. The Kier molecular flexibility index (Phi) is 7.69. The molecule has 0 spiro atoms. The predicted octanol–water partition coefficient (Wildman–Crippen LogP) is 2.00. The van der Waals surface area contributed by atoms with Crippen LogP contribution in [0.2, 0.25) is 0 Å². The van der Waals surface area contributed by atoms with E-state index < -0.39 is 12.0 Å². The molecule has 0 aromatic rings. The highest BCUT2D eigenvalue weighted by molar-refractivity contribution is 6.00. The van der Waals surface area contributed by atoms with Crippen LogP contribution in [0.15, 0.2) is 0 Å². The Morgan fingerprint density at radius 1 is 1.04 bits per heavy atom. The normalized spacial score (nSPS) is 21.5. The number of Topliss-reactive ketones (excluding diaryl/α,β-unsaturated/α-hetero) is 1. The molecule has 1 saturated carbocycles. The van der Waals surface area contributed by atoms with Crippen molar-refractivity contribution < 1.29 is 23.9 Å². The molecule has 1 N–H and O–H groups in total. The Morgan fingerprint density at radius 3 is 2.25 bits per heavy atom. The summed E-state index contributed by atoms with van der Waals surface area (Å²) in [5.74, 6) is -0.825. The molecule has 0 bridgehead atoms. The molecule has 1 saturated heterocycles. The average molecular weight is 339 g/mol. The van der Waals surface area contributed by atoms with Gasteiger partial charge in [0, 0.05) is 19.1 Å². The number of ether oxygens (including phenoxy) is 2. The molecule has 6 nitrogen and oxygen atoms in total. The van der Waals surface area contributed by atoms with Crippen molar-refractivity contribution in [2.45, 2.75) is 63.8 Å². The van der Waals surface area contributed by atoms with Crippen molar-refractivity contribution >= 4 is 17.7 Å². The predicted molar refractivity (Wildman–Crippen MR) is 88.3 cm³/mol. The highest BCUT2D eigenvalue weighted by Crippen LogP contribution is 2.25. The molecule has 1 heterocycles. The lowest BCUT2D eigenvalue weighted by molar-refractivity contribution is -0.145. The lowest BCUT2D eigenvalue weighted by Crippen LogP contribution is -2.49. The second-order valence-corrected chi connectivity index (χ2v) is 6.84. The molecular weight excluding hydrogens is 310 g/mol. The van der Waals surface area contributed by atoms with Gasteiger partial charge in [0.05, 0.1) is 13.2 Å². The molecule has 1 unspecified atom stereocenters. The third-order valence-corrected chi connectivity index (χ3v) is 5.15. The van der Waals surface area contributed by atoms with Crippen molar-refractivity contribution in [1.82, 2.24) is 5.32 Å². The van der Waals surface area contributed by atoms with E-state index in [9.17, 15) is 14.4 Å². The molecule has 0 aromatic carbocycles. The standard InChI is InChI=1S/C18H29NO5/c1-23-16(21)12-15(20)17(13-8-10-24-11-9-13)19-18(22)14-6-4-2-3-5-7-14/h13-14,17H,2-12H2,1H3,(H,19,22). The number of esters is 1. The lowest BCUT2D eigenvalue weighted by atomic mass is 9.87. The van der Waals surface area contributed by atoms with Crippen LogP contribution in [0.4, 0.5) is 0 Å². The van der Waals surface area contributed by atoms with Gasteiger partial charge >= 0.3 is 5.97 Å². The van der Waals surface area contributed by atoms with Gasteiger partial charge in [-0.25, -0.2) is 0 Å². The van der Waals surface area contributed by atoms with Crippen LogP contribution in [0.5, 0.6) is 0 Å². The van der Waals surface area contributed by atoms with Gasteiger partial charge in [-0.3, -0.25) is 14.4 Å². The minimum absolute atomic E-state index is 0.0132. The molecule has 1 amide bonds. The van der Waals surface area contributed by atoms with Crippen LogP contribution in [0.3, 0.4) is 0 Å². The van der Waals surface area contributed by atoms with Crippen molar-refractivity contribution in [1.29, 1.82) is 0 Å². The van der Waals surface area contributed by atoms with Crippen molar-refractivity contribution in [3.05, 3.63) is 0 Å². The maximum Gasteiger partial charge on any atom is 0.313 e. The zero-order chi connectivity index (χ0) is 17.4. The Bertz CT molecular complexity index is 437. The molecule has 2 rings (SSSR count). The van der Waals surface area contributed by atoms with E-state index in [1.54, 1.807) is 0 Å². The zero-order valence-corrected chi connectivity index (χ0v) is 14.6. The Balaban J connectivity index is 2.01. The van der Waals surface area contributed by atoms with Gasteiger partial charge in [0.2, 0.25) is 5.91 Å². The van der Waals surface area contributed by atoms with Gasteiger partial charge in [0.25, 0.3) is 0 Å². The van der Waals surface area contributed by atoms with Gasteiger partial charge in [0.15, 0.2) is 5.78 Å². The van der Waals surface area contributed by atoms with Crippen LogP contribution in [-0.4, -0.2) is 44.0 Å². The Labute approximate surface area is 143 Å². The largest absolute Gasteiger partial charge is 0.469 e. The number of nitrogens with one attached hydrogen (secondary N) is 1. The van der Waals surface area contributed by atoms with Crippen LogP contribution in [0.25, 0.3) is 0 Å². The first-order chi connectivity index (χ1) is 11.6. The molecule has 6 heteroatoms. The fourth-order valence-electron chi connectivity index (χ4n) is 3.65. The van der Waals surface area contributed by atoms with E-state index in [1.807, 2.05) is 0 Å². The van der Waals surface area contributed by atoms with Gasteiger partial charge in [-0.15, -0.1) is 0 Å². The van der Waals surface area contributed by atoms with Gasteiger partial charge in [-0.2, -0.15) is 0 Å². The van der Waals surface area contributed by atoms with E-state index in [0.29, 0.717) is 13.2 Å². The lowest BCUT2D eigenvalue weighted by Gasteiger charge is -2.31. The number of carbonyl (C=O) groups is 3. The van der Waals surface area contributed by atoms with E-state index >= 15 is 0 Å². The molecule has 24 heavy (non-hydrogen) atoms. The van der Waals surface area contributed by atoms with Crippen LogP contribution >= 0.6 is 0 Å². The molecule has 1 atom stereocenters. The number of methoxy groups -OCH3 is 1. The maximum atomic E-state index is 12.7. The summed E-state index contributed by atoms with van der Waals surface area (Å²) in [4.78, 5) is 36.7. The summed E-state index contributed by atoms with van der Waals surface area (Å²) >= 11 is 0. The molecule has 1 aliphatic heterocycles. The molecule has 0 aromatic heterocycles. The summed E-state index contributed by atoms with van der Waals surface area (Å²) in [5, 5.41) is 2.96. The van der Waals surface area contributed by atoms with E-state index in [1.165, 1.54) is 20.0 Å². The molecule has 2 fully saturated rings. The second kappa shape index (κ2) is 9.77. The monoisotopic (exact) mass is 339 g/mol. The number of ketones is 1. The summed E-state index contributed by atoms with van der Waals surface area (Å²) < 4.78 is 9.95. The maximum absolute atomic E-state index is 12.7. The molecular formula is C18H29NO5. The first kappa shape index (κ1) is 18.9. The van der Waals surface area contributed by atoms with Crippen LogP contribution in [-0.2, 0) is 23.9 Å². The summed E-state index contributed by atoms with van der Waals surface area (Å²) in [6.07, 6.45) is 7.42. The average Bonchev–Trinajstić information content (AvgIpc) is 2.89. The number of carbonyl (C=O) groups excluding carboxylic acids is 3. The number of rotatable bonds is 6. The van der Waals surface area contributed by atoms with Crippen LogP contribution < -0.4 is 5.32 Å². The minimum atomic E-state index is -0.608. The fraction of sp³-hybridized carbons (Fsp3) is 0.833. The Hall–Kier alpha value is -1.43. The van der Waals surface area contributed by atoms with Crippen LogP contribution in [0.1, 0.15) is 57.8 Å². The second-order valence-electron chi connectivity index (χ2n) is 6.84. The summed E-state index contributed by atoms with van der Waals surface area (Å²) in [7, 11) is 1.27. The topological polar surface area (TPSA) is 81.7 Å². The molecule has 0 radical (unpaired) electrons. The van der Waals surface area contributed by atoms with Gasteiger partial charge < -0.3 is 14.8 Å². The van der Waals surface area contributed by atoms with E-state index in [4.69, 9.17) is 4.74 Å². The van der Waals surface area contributed by atoms with Gasteiger partial charge in [0.1, 0.15) is 6.42 Å². The van der Waals surface area contributed by atoms with E-state index in [2.05, 4.69) is 10.1 Å². The summed E-state index contributed by atoms with van der Waals surface area (Å²) in [6, 6.07) is -0.608. The van der Waals surface area contributed by atoms with Crippen molar-refractivity contribution in [3.63, 3.8) is 0 Å². The molecule has 2 aliphatic rings. The third kappa shape index (κ3) is 5.58. The highest BCUT2D eigenvalue weighted by atomic mass is 16.5. The minimum Gasteiger partial charge on any atom is -0.469 e. The van der Waals surface area contributed by atoms with Crippen molar-refractivity contribution in [3.8, 4) is 0 Å². The smallest absolute Gasteiger partial charge is 0.313 e. The Morgan fingerprint density at radius 2 is 1.67 bits per heavy atom. The zero-order valence-electron chi connectivity index (χ0n) is 14.6. The van der Waals surface area contributed by atoms with E-state index in [0.717, 1.165) is 38.5 Å². The summed E-state index contributed by atoms with van der Waals surface area (Å²) in [5.41, 5.74) is 0.